The van der Waals surface area contributed by atoms with Crippen LogP contribution in [0, 0.1) is 0 Å². The predicted molar refractivity (Wildman–Crippen MR) is 37.3 cm³/mol. The van der Waals surface area contributed by atoms with Crippen LogP contribution in [-0.4, -0.2) is 18.2 Å². The van der Waals surface area contributed by atoms with Crippen LogP contribution in [0.25, 0.3) is 0 Å². The number of hydrogen-bond acceptors (Lipinski definition) is 4. The number of carbonyl (C=O) groups excluding carboxylic acids is 2. The number of hydrogen-bond donors (Lipinski definition) is 0. The Morgan fingerprint density at radius 3 is 2.91 bits per heavy atom. The van der Waals surface area contributed by atoms with E-state index in [1.165, 1.54) is 12.2 Å². The van der Waals surface area contributed by atoms with Gasteiger partial charge in [0.15, 0.2) is 0 Å². The summed E-state index contributed by atoms with van der Waals surface area (Å²) < 4.78 is 0. The second-order valence-corrected chi connectivity index (χ2v) is 2.19. The van der Waals surface area contributed by atoms with Gasteiger partial charge >= 0.3 is 0 Å². The fourth-order valence-electron chi connectivity index (χ4n) is 1.01. The molecule has 0 aromatic rings. The minimum Gasteiger partial charge on any atom is -0.211 e. The molecular formula is C7H6N2O2. The van der Waals surface area contributed by atoms with Crippen molar-refractivity contribution < 1.29 is 9.59 Å². The molecule has 4 heteroatoms. The van der Waals surface area contributed by atoms with Gasteiger partial charge in [0.2, 0.25) is 12.2 Å². The molecule has 56 valence electrons. The van der Waals surface area contributed by atoms with Crippen LogP contribution < -0.4 is 0 Å². The molecule has 0 aromatic heterocycles. The molecule has 0 fully saturated rings. The Hall–Kier alpha value is -1.50. The maximum Gasteiger partial charge on any atom is 0.240 e. The molecule has 0 saturated heterocycles. The van der Waals surface area contributed by atoms with Crippen LogP contribution in [0.5, 0.6) is 0 Å². The molecule has 1 rings (SSSR count). The fraction of sp³-hybridized carbons (Fsp3) is 0.429. The lowest BCUT2D eigenvalue weighted by molar-refractivity contribution is 0.559. The normalized spacial score (nSPS) is 21.5. The molecule has 1 aliphatic carbocycles. The van der Waals surface area contributed by atoms with Crippen LogP contribution in [0.2, 0.25) is 0 Å². The number of nitrogens with zero attached hydrogens (tertiary/aromatic N) is 2. The van der Waals surface area contributed by atoms with Gasteiger partial charge in [-0.1, -0.05) is 0 Å². The van der Waals surface area contributed by atoms with Crippen LogP contribution in [0.4, 0.5) is 0 Å². The zero-order chi connectivity index (χ0) is 8.10. The number of aliphatic imine (C=N–C) groups is 2. The van der Waals surface area contributed by atoms with E-state index in [-0.39, 0.29) is 6.04 Å². The summed E-state index contributed by atoms with van der Waals surface area (Å²) in [6.45, 7) is 0. The van der Waals surface area contributed by atoms with E-state index in [2.05, 4.69) is 9.98 Å². The first kappa shape index (κ1) is 7.61. The zero-order valence-electron chi connectivity index (χ0n) is 5.78. The molecule has 0 aromatic carbocycles. The van der Waals surface area contributed by atoms with Crippen molar-refractivity contribution in [3.05, 3.63) is 11.8 Å². The average Bonchev–Trinajstić information content (AvgIpc) is 2.38. The molecule has 11 heavy (non-hydrogen) atoms. The van der Waals surface area contributed by atoms with E-state index in [1.54, 1.807) is 6.08 Å². The Balaban J connectivity index is 2.67. The van der Waals surface area contributed by atoms with Gasteiger partial charge in [0.05, 0.1) is 11.7 Å². The minimum atomic E-state index is -0.139. The van der Waals surface area contributed by atoms with Crippen LogP contribution in [0.3, 0.4) is 0 Å². The lowest BCUT2D eigenvalue weighted by atomic mass is 10.3. The maximum atomic E-state index is 9.80. The molecule has 1 aliphatic rings. The van der Waals surface area contributed by atoms with Crippen molar-refractivity contribution in [2.75, 3.05) is 0 Å². The predicted octanol–water partition coefficient (Wildman–Crippen LogP) is 0.704. The lowest BCUT2D eigenvalue weighted by Gasteiger charge is -1.90. The van der Waals surface area contributed by atoms with Gasteiger partial charge in [-0.3, -0.25) is 0 Å². The van der Waals surface area contributed by atoms with Gasteiger partial charge in [-0.25, -0.2) is 9.59 Å². The van der Waals surface area contributed by atoms with Crippen molar-refractivity contribution in [2.24, 2.45) is 9.98 Å². The third kappa shape index (κ3) is 1.97. The van der Waals surface area contributed by atoms with Crippen molar-refractivity contribution in [1.29, 1.82) is 0 Å². The summed E-state index contributed by atoms with van der Waals surface area (Å²) in [6.07, 6.45) is 6.00. The van der Waals surface area contributed by atoms with Crippen LogP contribution in [-0.2, 0) is 9.59 Å². The van der Waals surface area contributed by atoms with E-state index < -0.39 is 0 Å². The molecular weight excluding hydrogens is 144 g/mol. The molecule has 0 spiro atoms. The zero-order valence-corrected chi connectivity index (χ0v) is 5.78. The highest BCUT2D eigenvalue weighted by atomic mass is 16.1. The third-order valence-corrected chi connectivity index (χ3v) is 1.49. The molecule has 0 amide bonds. The second kappa shape index (κ2) is 3.62. The number of allylic oxidation sites excluding steroid dienone is 1. The molecule has 0 bridgehead atoms. The first-order valence-corrected chi connectivity index (χ1v) is 3.22. The maximum absolute atomic E-state index is 9.80. The topological polar surface area (TPSA) is 58.9 Å². The lowest BCUT2D eigenvalue weighted by Crippen LogP contribution is -1.91. The SMILES string of the molecule is O=C=NC1=CC(N=C=O)CC1. The van der Waals surface area contributed by atoms with Gasteiger partial charge < -0.3 is 0 Å². The number of rotatable bonds is 2. The van der Waals surface area contributed by atoms with E-state index in [1.807, 2.05) is 0 Å². The molecule has 1 atom stereocenters. The highest BCUT2D eigenvalue weighted by molar-refractivity contribution is 5.39. The Bertz CT molecular complexity index is 270. The van der Waals surface area contributed by atoms with E-state index in [0.717, 1.165) is 6.42 Å². The van der Waals surface area contributed by atoms with Crippen LogP contribution in [0.15, 0.2) is 21.8 Å². The molecule has 0 radical (unpaired) electrons. The van der Waals surface area contributed by atoms with Crippen molar-refractivity contribution in [3.63, 3.8) is 0 Å². The smallest absolute Gasteiger partial charge is 0.211 e. The summed E-state index contributed by atoms with van der Waals surface area (Å²) in [7, 11) is 0. The Labute approximate surface area is 63.3 Å². The summed E-state index contributed by atoms with van der Waals surface area (Å²) in [5, 5.41) is 0. The minimum absolute atomic E-state index is 0.139. The van der Waals surface area contributed by atoms with Crippen molar-refractivity contribution in [1.82, 2.24) is 0 Å². The molecule has 0 heterocycles. The largest absolute Gasteiger partial charge is 0.240 e. The first-order chi connectivity index (χ1) is 5.36. The van der Waals surface area contributed by atoms with Crippen molar-refractivity contribution >= 4 is 12.2 Å². The summed E-state index contributed by atoms with van der Waals surface area (Å²) in [5.41, 5.74) is 0.656. The molecule has 0 N–H and O–H groups in total. The Morgan fingerprint density at radius 2 is 2.27 bits per heavy atom. The van der Waals surface area contributed by atoms with Gasteiger partial charge in [0.1, 0.15) is 0 Å². The van der Waals surface area contributed by atoms with Crippen molar-refractivity contribution in [2.45, 2.75) is 18.9 Å². The monoisotopic (exact) mass is 150 g/mol. The van der Waals surface area contributed by atoms with Gasteiger partial charge in [-0.2, -0.15) is 9.98 Å². The highest BCUT2D eigenvalue weighted by Crippen LogP contribution is 2.20. The average molecular weight is 150 g/mol. The quantitative estimate of drug-likeness (QED) is 0.429. The Morgan fingerprint density at radius 1 is 1.45 bits per heavy atom. The third-order valence-electron chi connectivity index (χ3n) is 1.49. The molecule has 1 unspecified atom stereocenters. The summed E-state index contributed by atoms with van der Waals surface area (Å²) in [5.74, 6) is 0. The molecule has 0 saturated carbocycles. The van der Waals surface area contributed by atoms with Gasteiger partial charge in [0.25, 0.3) is 0 Å². The summed E-state index contributed by atoms with van der Waals surface area (Å²) in [4.78, 5) is 26.5. The van der Waals surface area contributed by atoms with E-state index in [4.69, 9.17) is 0 Å². The van der Waals surface area contributed by atoms with E-state index in [0.29, 0.717) is 12.1 Å². The Kier molecular flexibility index (Phi) is 2.50. The summed E-state index contributed by atoms with van der Waals surface area (Å²) in [6, 6.07) is -0.139. The van der Waals surface area contributed by atoms with Gasteiger partial charge in [-0.05, 0) is 18.9 Å². The summed E-state index contributed by atoms with van der Waals surface area (Å²) >= 11 is 0. The van der Waals surface area contributed by atoms with E-state index in [9.17, 15) is 9.59 Å². The second-order valence-electron chi connectivity index (χ2n) is 2.19. The van der Waals surface area contributed by atoms with Crippen molar-refractivity contribution in [3.8, 4) is 0 Å². The standard InChI is InChI=1S/C7H6N2O2/c10-4-8-6-1-2-7(3-6)9-5-11/h3,6H,1-2H2. The van der Waals surface area contributed by atoms with Gasteiger partial charge in [-0.15, -0.1) is 0 Å². The van der Waals surface area contributed by atoms with Gasteiger partial charge in [0, 0.05) is 0 Å². The number of isocyanates is 2. The first-order valence-electron chi connectivity index (χ1n) is 3.22. The fourth-order valence-corrected chi connectivity index (χ4v) is 1.01. The molecule has 0 aliphatic heterocycles. The highest BCUT2D eigenvalue weighted by Gasteiger charge is 2.13. The van der Waals surface area contributed by atoms with Crippen LogP contribution in [0.1, 0.15) is 12.8 Å². The van der Waals surface area contributed by atoms with E-state index >= 15 is 0 Å². The van der Waals surface area contributed by atoms with Crippen LogP contribution >= 0.6 is 0 Å². The molecule has 4 nitrogen and oxygen atoms in total.